The van der Waals surface area contributed by atoms with Crippen LogP contribution in [0, 0.1) is 5.92 Å². The number of carbonyl (C=O) groups is 1. The molecule has 0 bridgehead atoms. The minimum absolute atomic E-state index is 0.262. The van der Waals surface area contributed by atoms with Gasteiger partial charge in [0.15, 0.2) is 0 Å². The van der Waals surface area contributed by atoms with Gasteiger partial charge in [0.05, 0.1) is 5.56 Å². The quantitative estimate of drug-likeness (QED) is 0.819. The summed E-state index contributed by atoms with van der Waals surface area (Å²) < 4.78 is 0. The van der Waals surface area contributed by atoms with Gasteiger partial charge in [-0.25, -0.2) is 4.79 Å². The molecule has 0 aliphatic carbocycles. The fourth-order valence-electron chi connectivity index (χ4n) is 2.69. The van der Waals surface area contributed by atoms with Gasteiger partial charge in [0.2, 0.25) is 0 Å². The van der Waals surface area contributed by atoms with E-state index in [2.05, 4.69) is 4.90 Å². The molecule has 1 saturated heterocycles. The second-order valence-corrected chi connectivity index (χ2v) is 5.24. The normalized spacial score (nSPS) is 19.7. The fourth-order valence-corrected chi connectivity index (χ4v) is 2.69. The summed E-state index contributed by atoms with van der Waals surface area (Å²) in [7, 11) is 0. The van der Waals surface area contributed by atoms with Crippen LogP contribution in [0.15, 0.2) is 24.3 Å². The summed E-state index contributed by atoms with van der Waals surface area (Å²) in [5.74, 6) is -0.225. The van der Waals surface area contributed by atoms with E-state index in [4.69, 9.17) is 10.2 Å². The van der Waals surface area contributed by atoms with Crippen LogP contribution in [0.1, 0.15) is 28.8 Å². The third-order valence-corrected chi connectivity index (χ3v) is 3.73. The maximum Gasteiger partial charge on any atom is 0.335 e. The molecule has 1 fully saturated rings. The smallest absolute Gasteiger partial charge is 0.335 e. The summed E-state index contributed by atoms with van der Waals surface area (Å²) in [6.45, 7) is 3.43. The number of likely N-dealkylation sites (tertiary alicyclic amines) is 1. The summed E-state index contributed by atoms with van der Waals surface area (Å²) in [5, 5.41) is 17.7. The van der Waals surface area contributed by atoms with Crippen molar-refractivity contribution in [1.29, 1.82) is 0 Å². The molecule has 1 aliphatic heterocycles. The molecule has 1 aromatic carbocycles. The number of aromatic carboxylic acids is 1. The highest BCUT2D eigenvalue weighted by atomic mass is 16.4. The van der Waals surface area contributed by atoms with Crippen LogP contribution in [0.25, 0.3) is 0 Å². The molecular weight excluding hydrogens is 242 g/mol. The Bertz CT molecular complexity index is 416. The molecule has 4 heteroatoms. The summed E-state index contributed by atoms with van der Waals surface area (Å²) in [6.07, 6.45) is 3.04. The standard InChI is InChI=1S/C15H21NO3/c17-9-1-7-16-8-6-13(11-16)10-12-2-4-14(5-3-12)15(18)19/h2-5,13,17H,1,6-11H2,(H,18,19)/t13-/m1/s1. The largest absolute Gasteiger partial charge is 0.478 e. The van der Waals surface area contributed by atoms with Gasteiger partial charge in [-0.2, -0.15) is 0 Å². The topological polar surface area (TPSA) is 60.8 Å². The van der Waals surface area contributed by atoms with Crippen LogP contribution in [0.3, 0.4) is 0 Å². The Kier molecular flexibility index (Phi) is 4.93. The average molecular weight is 263 g/mol. The van der Waals surface area contributed by atoms with Crippen molar-refractivity contribution in [3.63, 3.8) is 0 Å². The van der Waals surface area contributed by atoms with Crippen LogP contribution in [-0.2, 0) is 6.42 Å². The lowest BCUT2D eigenvalue weighted by atomic mass is 9.98. The highest BCUT2D eigenvalue weighted by Gasteiger charge is 2.22. The van der Waals surface area contributed by atoms with Gasteiger partial charge in [0.25, 0.3) is 0 Å². The molecule has 4 nitrogen and oxygen atoms in total. The van der Waals surface area contributed by atoms with Crippen molar-refractivity contribution in [2.45, 2.75) is 19.3 Å². The zero-order chi connectivity index (χ0) is 13.7. The minimum atomic E-state index is -0.873. The van der Waals surface area contributed by atoms with E-state index in [9.17, 15) is 4.79 Å². The highest BCUT2D eigenvalue weighted by Crippen LogP contribution is 2.21. The first-order valence-corrected chi connectivity index (χ1v) is 6.84. The lowest BCUT2D eigenvalue weighted by Crippen LogP contribution is -2.23. The Morgan fingerprint density at radius 1 is 1.32 bits per heavy atom. The number of carboxylic acids is 1. The monoisotopic (exact) mass is 263 g/mol. The molecule has 19 heavy (non-hydrogen) atoms. The van der Waals surface area contributed by atoms with Crippen LogP contribution in [0.5, 0.6) is 0 Å². The number of hydrogen-bond donors (Lipinski definition) is 2. The SMILES string of the molecule is O=C(O)c1ccc(C[C@H]2CCN(CCCO)C2)cc1. The van der Waals surface area contributed by atoms with E-state index in [1.807, 2.05) is 12.1 Å². The number of rotatable bonds is 6. The fraction of sp³-hybridized carbons (Fsp3) is 0.533. The maximum atomic E-state index is 10.8. The number of aliphatic hydroxyl groups is 1. The summed E-state index contributed by atoms with van der Waals surface area (Å²) in [6, 6.07) is 7.19. The maximum absolute atomic E-state index is 10.8. The Balaban J connectivity index is 1.83. The molecule has 1 aromatic rings. The van der Waals surface area contributed by atoms with Crippen LogP contribution >= 0.6 is 0 Å². The van der Waals surface area contributed by atoms with Crippen molar-refractivity contribution in [1.82, 2.24) is 4.90 Å². The number of nitrogens with zero attached hydrogens (tertiary/aromatic N) is 1. The van der Waals surface area contributed by atoms with Gasteiger partial charge in [-0.15, -0.1) is 0 Å². The third-order valence-electron chi connectivity index (χ3n) is 3.73. The second-order valence-electron chi connectivity index (χ2n) is 5.24. The van der Waals surface area contributed by atoms with Gasteiger partial charge in [-0.05, 0) is 49.4 Å². The zero-order valence-corrected chi connectivity index (χ0v) is 11.1. The second kappa shape index (κ2) is 6.68. The molecule has 1 heterocycles. The molecule has 0 radical (unpaired) electrons. The van der Waals surface area contributed by atoms with Gasteiger partial charge < -0.3 is 15.1 Å². The first-order valence-electron chi connectivity index (χ1n) is 6.84. The highest BCUT2D eigenvalue weighted by molar-refractivity contribution is 5.87. The van der Waals surface area contributed by atoms with E-state index >= 15 is 0 Å². The molecule has 2 rings (SSSR count). The Morgan fingerprint density at radius 2 is 2.05 bits per heavy atom. The van der Waals surface area contributed by atoms with Crippen molar-refractivity contribution in [2.24, 2.45) is 5.92 Å². The summed E-state index contributed by atoms with van der Waals surface area (Å²) >= 11 is 0. The summed E-state index contributed by atoms with van der Waals surface area (Å²) in [5.41, 5.74) is 1.55. The Morgan fingerprint density at radius 3 is 2.68 bits per heavy atom. The van der Waals surface area contributed by atoms with Crippen LogP contribution in [-0.4, -0.2) is 47.3 Å². The number of benzene rings is 1. The minimum Gasteiger partial charge on any atom is -0.478 e. The average Bonchev–Trinajstić information content (AvgIpc) is 2.84. The number of hydrogen-bond acceptors (Lipinski definition) is 3. The predicted octanol–water partition coefficient (Wildman–Crippen LogP) is 1.63. The first-order chi connectivity index (χ1) is 9.19. The molecule has 0 spiro atoms. The molecule has 104 valence electrons. The number of aliphatic hydroxyl groups excluding tert-OH is 1. The van der Waals surface area contributed by atoms with Crippen LogP contribution in [0.2, 0.25) is 0 Å². The van der Waals surface area contributed by atoms with Crippen molar-refractivity contribution in [3.05, 3.63) is 35.4 Å². The molecule has 1 aliphatic rings. The lowest BCUT2D eigenvalue weighted by molar-refractivity contribution is 0.0697. The molecule has 0 aromatic heterocycles. The van der Waals surface area contributed by atoms with Gasteiger partial charge in [0, 0.05) is 19.7 Å². The van der Waals surface area contributed by atoms with E-state index in [1.165, 1.54) is 12.0 Å². The number of carboxylic acid groups (broad SMARTS) is 1. The van der Waals surface area contributed by atoms with Crippen LogP contribution in [0.4, 0.5) is 0 Å². The van der Waals surface area contributed by atoms with E-state index in [-0.39, 0.29) is 6.61 Å². The molecule has 1 atom stereocenters. The molecule has 2 N–H and O–H groups in total. The molecule has 0 amide bonds. The Hall–Kier alpha value is -1.39. The molecule has 0 unspecified atom stereocenters. The van der Waals surface area contributed by atoms with E-state index in [0.717, 1.165) is 32.5 Å². The van der Waals surface area contributed by atoms with Gasteiger partial charge >= 0.3 is 5.97 Å². The molecular formula is C15H21NO3. The predicted molar refractivity (Wildman–Crippen MR) is 73.4 cm³/mol. The lowest BCUT2D eigenvalue weighted by Gasteiger charge is -2.15. The molecule has 0 saturated carbocycles. The Labute approximate surface area is 113 Å². The zero-order valence-electron chi connectivity index (χ0n) is 11.1. The third kappa shape index (κ3) is 4.04. The van der Waals surface area contributed by atoms with Crippen LogP contribution < -0.4 is 0 Å². The summed E-state index contributed by atoms with van der Waals surface area (Å²) in [4.78, 5) is 13.2. The first kappa shape index (κ1) is 14.0. The van der Waals surface area contributed by atoms with Crippen molar-refractivity contribution in [2.75, 3.05) is 26.2 Å². The van der Waals surface area contributed by atoms with Gasteiger partial charge in [0.1, 0.15) is 0 Å². The van der Waals surface area contributed by atoms with Gasteiger partial charge in [-0.1, -0.05) is 12.1 Å². The van der Waals surface area contributed by atoms with Crippen molar-refractivity contribution >= 4 is 5.97 Å². The van der Waals surface area contributed by atoms with Gasteiger partial charge in [-0.3, -0.25) is 0 Å². The van der Waals surface area contributed by atoms with Crippen molar-refractivity contribution < 1.29 is 15.0 Å². The van der Waals surface area contributed by atoms with E-state index in [1.54, 1.807) is 12.1 Å². The van der Waals surface area contributed by atoms with Crippen molar-refractivity contribution in [3.8, 4) is 0 Å². The van der Waals surface area contributed by atoms with E-state index in [0.29, 0.717) is 11.5 Å². The van der Waals surface area contributed by atoms with E-state index < -0.39 is 5.97 Å².